The van der Waals surface area contributed by atoms with Crippen molar-refractivity contribution in [3.05, 3.63) is 70.8 Å². The zero-order valence-corrected chi connectivity index (χ0v) is 11.7. The van der Waals surface area contributed by atoms with E-state index in [2.05, 4.69) is 0 Å². The molecule has 0 aromatic heterocycles. The van der Waals surface area contributed by atoms with E-state index in [0.29, 0.717) is 0 Å². The highest BCUT2D eigenvalue weighted by molar-refractivity contribution is 6.02. The molecule has 4 heteroatoms. The summed E-state index contributed by atoms with van der Waals surface area (Å²) in [6, 6.07) is 13.7. The molecule has 0 aliphatic rings. The first-order valence-corrected chi connectivity index (χ1v) is 6.69. The lowest BCUT2D eigenvalue weighted by molar-refractivity contribution is 0.0462. The Morgan fingerprint density at radius 2 is 1.52 bits per heavy atom. The fraction of sp³-hybridized carbons (Fsp3) is 0.176. The number of carboxylic acids is 1. The second-order valence-corrected chi connectivity index (χ2v) is 4.55. The molecule has 1 N–H and O–H groups in total. The van der Waals surface area contributed by atoms with Gasteiger partial charge in [-0.3, -0.25) is 0 Å². The van der Waals surface area contributed by atoms with E-state index in [-0.39, 0.29) is 17.7 Å². The molecular weight excluding hydrogens is 268 g/mol. The summed E-state index contributed by atoms with van der Waals surface area (Å²) in [7, 11) is 0. The predicted octanol–water partition coefficient (Wildman–Crippen LogP) is 3.30. The average molecular weight is 284 g/mol. The van der Waals surface area contributed by atoms with Gasteiger partial charge in [0.2, 0.25) is 0 Å². The summed E-state index contributed by atoms with van der Waals surface area (Å²) in [6.07, 6.45) is 0.847. The maximum Gasteiger partial charge on any atom is 0.339 e. The zero-order valence-electron chi connectivity index (χ0n) is 11.7. The molecule has 0 amide bonds. The van der Waals surface area contributed by atoms with Gasteiger partial charge in [0.15, 0.2) is 0 Å². The smallest absolute Gasteiger partial charge is 0.339 e. The first-order chi connectivity index (χ1) is 10.1. The number of carbonyl (C=O) groups is 2. The molecule has 0 radical (unpaired) electrons. The van der Waals surface area contributed by atoms with Crippen molar-refractivity contribution in [3.63, 3.8) is 0 Å². The number of hydrogen-bond acceptors (Lipinski definition) is 3. The Morgan fingerprint density at radius 3 is 2.14 bits per heavy atom. The van der Waals surface area contributed by atoms with E-state index in [1.807, 2.05) is 31.2 Å². The molecule has 2 aromatic carbocycles. The van der Waals surface area contributed by atoms with Crippen LogP contribution < -0.4 is 0 Å². The van der Waals surface area contributed by atoms with E-state index < -0.39 is 11.9 Å². The largest absolute Gasteiger partial charge is 0.478 e. The molecule has 0 spiro atoms. The highest BCUT2D eigenvalue weighted by atomic mass is 16.5. The second kappa shape index (κ2) is 6.70. The van der Waals surface area contributed by atoms with Crippen LogP contribution in [0.3, 0.4) is 0 Å². The van der Waals surface area contributed by atoms with Gasteiger partial charge in [-0.05, 0) is 29.7 Å². The number of carboxylic acid groups (broad SMARTS) is 1. The molecule has 0 fully saturated rings. The second-order valence-electron chi connectivity index (χ2n) is 4.55. The van der Waals surface area contributed by atoms with E-state index >= 15 is 0 Å². The SMILES string of the molecule is CCc1ccccc1COC(=O)c1ccccc1C(=O)O. The minimum Gasteiger partial charge on any atom is -0.478 e. The highest BCUT2D eigenvalue weighted by Crippen LogP contribution is 2.14. The molecule has 0 atom stereocenters. The van der Waals surface area contributed by atoms with Crippen LogP contribution in [0.4, 0.5) is 0 Å². The van der Waals surface area contributed by atoms with Crippen molar-refractivity contribution in [1.29, 1.82) is 0 Å². The molecule has 2 rings (SSSR count). The molecule has 108 valence electrons. The number of hydrogen-bond donors (Lipinski definition) is 1. The van der Waals surface area contributed by atoms with Gasteiger partial charge >= 0.3 is 11.9 Å². The molecule has 0 heterocycles. The lowest BCUT2D eigenvalue weighted by Gasteiger charge is -2.10. The topological polar surface area (TPSA) is 63.6 Å². The average Bonchev–Trinajstić information content (AvgIpc) is 2.52. The van der Waals surface area contributed by atoms with Gasteiger partial charge in [0, 0.05) is 0 Å². The van der Waals surface area contributed by atoms with E-state index in [1.54, 1.807) is 12.1 Å². The van der Waals surface area contributed by atoms with Crippen LogP contribution in [0.25, 0.3) is 0 Å². The third kappa shape index (κ3) is 3.48. The van der Waals surface area contributed by atoms with Gasteiger partial charge in [-0.25, -0.2) is 9.59 Å². The van der Waals surface area contributed by atoms with Crippen LogP contribution in [0, 0.1) is 0 Å². The van der Waals surface area contributed by atoms with Crippen molar-refractivity contribution in [1.82, 2.24) is 0 Å². The Hall–Kier alpha value is -2.62. The van der Waals surface area contributed by atoms with Gasteiger partial charge in [-0.1, -0.05) is 43.3 Å². The van der Waals surface area contributed by atoms with Crippen molar-refractivity contribution in [2.45, 2.75) is 20.0 Å². The van der Waals surface area contributed by atoms with Gasteiger partial charge in [0.05, 0.1) is 11.1 Å². The highest BCUT2D eigenvalue weighted by Gasteiger charge is 2.17. The Morgan fingerprint density at radius 1 is 0.952 bits per heavy atom. The van der Waals surface area contributed by atoms with Crippen molar-refractivity contribution in [2.24, 2.45) is 0 Å². The number of rotatable bonds is 5. The Kier molecular flexibility index (Phi) is 4.72. The molecule has 0 aliphatic heterocycles. The zero-order chi connectivity index (χ0) is 15.2. The summed E-state index contributed by atoms with van der Waals surface area (Å²) < 4.78 is 5.25. The van der Waals surface area contributed by atoms with E-state index in [0.717, 1.165) is 17.5 Å². The Balaban J connectivity index is 2.14. The molecule has 0 saturated carbocycles. The normalized spacial score (nSPS) is 10.1. The maximum absolute atomic E-state index is 12.1. The lowest BCUT2D eigenvalue weighted by Crippen LogP contribution is -2.12. The number of aryl methyl sites for hydroxylation is 1. The summed E-state index contributed by atoms with van der Waals surface area (Å²) in [5, 5.41) is 9.07. The van der Waals surface area contributed by atoms with Crippen LogP contribution in [0.2, 0.25) is 0 Å². The third-order valence-electron chi connectivity index (χ3n) is 3.24. The van der Waals surface area contributed by atoms with E-state index in [9.17, 15) is 9.59 Å². The van der Waals surface area contributed by atoms with Crippen LogP contribution in [-0.2, 0) is 17.8 Å². The molecule has 0 saturated heterocycles. The molecule has 0 unspecified atom stereocenters. The number of ether oxygens (including phenoxy) is 1. The van der Waals surface area contributed by atoms with Crippen molar-refractivity contribution >= 4 is 11.9 Å². The fourth-order valence-corrected chi connectivity index (χ4v) is 2.11. The molecule has 21 heavy (non-hydrogen) atoms. The first kappa shape index (κ1) is 14.8. The van der Waals surface area contributed by atoms with Gasteiger partial charge in [0.25, 0.3) is 0 Å². The number of aromatic carboxylic acids is 1. The summed E-state index contributed by atoms with van der Waals surface area (Å²) >= 11 is 0. The molecule has 2 aromatic rings. The van der Waals surface area contributed by atoms with Crippen LogP contribution in [0.15, 0.2) is 48.5 Å². The van der Waals surface area contributed by atoms with E-state index in [4.69, 9.17) is 9.84 Å². The van der Waals surface area contributed by atoms with Crippen LogP contribution >= 0.6 is 0 Å². The number of esters is 1. The molecule has 0 bridgehead atoms. The van der Waals surface area contributed by atoms with Crippen LogP contribution in [-0.4, -0.2) is 17.0 Å². The van der Waals surface area contributed by atoms with Crippen LogP contribution in [0.5, 0.6) is 0 Å². The Bertz CT molecular complexity index is 661. The molecule has 4 nitrogen and oxygen atoms in total. The maximum atomic E-state index is 12.1. The van der Waals surface area contributed by atoms with Gasteiger partial charge in [-0.15, -0.1) is 0 Å². The summed E-state index contributed by atoms with van der Waals surface area (Å²) in [5.41, 5.74) is 2.06. The van der Waals surface area contributed by atoms with Crippen LogP contribution in [0.1, 0.15) is 38.8 Å². The summed E-state index contributed by atoms with van der Waals surface area (Å²) in [5.74, 6) is -1.77. The van der Waals surface area contributed by atoms with Gasteiger partial charge in [-0.2, -0.15) is 0 Å². The van der Waals surface area contributed by atoms with E-state index in [1.165, 1.54) is 12.1 Å². The minimum absolute atomic E-state index is 0.0497. The number of benzene rings is 2. The standard InChI is InChI=1S/C17H16O4/c1-2-12-7-3-4-8-13(12)11-21-17(20)15-10-6-5-9-14(15)16(18)19/h3-10H,2,11H2,1H3,(H,18,19). The van der Waals surface area contributed by atoms with Crippen molar-refractivity contribution in [2.75, 3.05) is 0 Å². The monoisotopic (exact) mass is 284 g/mol. The van der Waals surface area contributed by atoms with Gasteiger partial charge in [0.1, 0.15) is 6.61 Å². The quantitative estimate of drug-likeness (QED) is 0.856. The van der Waals surface area contributed by atoms with Crippen molar-refractivity contribution < 1.29 is 19.4 Å². The minimum atomic E-state index is -1.14. The van der Waals surface area contributed by atoms with Gasteiger partial charge < -0.3 is 9.84 Å². The predicted molar refractivity (Wildman–Crippen MR) is 78.3 cm³/mol. The molecular formula is C17H16O4. The third-order valence-corrected chi connectivity index (χ3v) is 3.24. The van der Waals surface area contributed by atoms with Crippen molar-refractivity contribution in [3.8, 4) is 0 Å². The fourth-order valence-electron chi connectivity index (χ4n) is 2.11. The molecule has 0 aliphatic carbocycles. The summed E-state index contributed by atoms with van der Waals surface area (Å²) in [6.45, 7) is 2.16. The summed E-state index contributed by atoms with van der Waals surface area (Å²) in [4.78, 5) is 23.2. The first-order valence-electron chi connectivity index (χ1n) is 6.69. The lowest BCUT2D eigenvalue weighted by atomic mass is 10.1. The number of carbonyl (C=O) groups excluding carboxylic acids is 1. The Labute approximate surface area is 123 Å².